The average molecular weight is 325 g/mol. The number of nitrogens with zero attached hydrogens (tertiary/aromatic N) is 3. The topological polar surface area (TPSA) is 55.3 Å². The summed E-state index contributed by atoms with van der Waals surface area (Å²) in [6.07, 6.45) is 5.62. The van der Waals surface area contributed by atoms with E-state index in [0.717, 1.165) is 18.5 Å². The van der Waals surface area contributed by atoms with E-state index in [1.54, 1.807) is 25.6 Å². The molecule has 1 aliphatic heterocycles. The molecule has 2 atom stereocenters. The van der Waals surface area contributed by atoms with Crippen molar-refractivity contribution in [2.24, 2.45) is 5.92 Å². The summed E-state index contributed by atoms with van der Waals surface area (Å²) in [6.45, 7) is 5.11. The summed E-state index contributed by atoms with van der Waals surface area (Å²) < 4.78 is 5.24. The van der Waals surface area contributed by atoms with Gasteiger partial charge in [0.2, 0.25) is 5.88 Å². The van der Waals surface area contributed by atoms with Gasteiger partial charge in [0.05, 0.1) is 18.4 Å². The molecule has 1 fully saturated rings. The van der Waals surface area contributed by atoms with Crippen LogP contribution in [0.3, 0.4) is 0 Å². The van der Waals surface area contributed by atoms with Gasteiger partial charge in [-0.15, -0.1) is 0 Å². The minimum absolute atomic E-state index is 0.0380. The van der Waals surface area contributed by atoms with Crippen molar-refractivity contribution in [3.8, 4) is 17.1 Å². The molecular weight excluding hydrogens is 302 g/mol. The van der Waals surface area contributed by atoms with Crippen LogP contribution >= 0.6 is 0 Å². The Hall–Kier alpha value is -2.43. The monoisotopic (exact) mass is 325 g/mol. The molecule has 3 heterocycles. The molecule has 0 unspecified atom stereocenters. The van der Waals surface area contributed by atoms with Crippen LogP contribution in [0.25, 0.3) is 11.3 Å². The Labute approximate surface area is 142 Å². The maximum atomic E-state index is 13.2. The summed E-state index contributed by atoms with van der Waals surface area (Å²) in [5.41, 5.74) is 2.13. The van der Waals surface area contributed by atoms with E-state index in [2.05, 4.69) is 23.8 Å². The van der Waals surface area contributed by atoms with Crippen molar-refractivity contribution in [3.63, 3.8) is 0 Å². The molecule has 5 nitrogen and oxygen atoms in total. The van der Waals surface area contributed by atoms with Crippen molar-refractivity contribution >= 4 is 5.91 Å². The van der Waals surface area contributed by atoms with Gasteiger partial charge in [-0.1, -0.05) is 6.92 Å². The number of rotatable bonds is 3. The number of aromatic nitrogens is 2. The minimum Gasteiger partial charge on any atom is -0.481 e. The van der Waals surface area contributed by atoms with Crippen molar-refractivity contribution in [2.75, 3.05) is 13.7 Å². The van der Waals surface area contributed by atoms with Crippen molar-refractivity contribution in [1.29, 1.82) is 0 Å². The largest absolute Gasteiger partial charge is 0.481 e. The van der Waals surface area contributed by atoms with Gasteiger partial charge in [0, 0.05) is 36.6 Å². The molecule has 0 aliphatic carbocycles. The van der Waals surface area contributed by atoms with Gasteiger partial charge in [-0.3, -0.25) is 9.78 Å². The van der Waals surface area contributed by atoms with Crippen LogP contribution in [0.15, 0.2) is 36.7 Å². The zero-order valence-electron chi connectivity index (χ0n) is 14.4. The third-order valence-corrected chi connectivity index (χ3v) is 4.64. The molecule has 2 aromatic rings. The zero-order valence-corrected chi connectivity index (χ0v) is 14.4. The first kappa shape index (κ1) is 16.4. The van der Waals surface area contributed by atoms with Crippen LogP contribution in [-0.2, 0) is 0 Å². The van der Waals surface area contributed by atoms with Gasteiger partial charge < -0.3 is 9.64 Å². The second-order valence-corrected chi connectivity index (χ2v) is 6.47. The van der Waals surface area contributed by atoms with Crippen LogP contribution in [-0.4, -0.2) is 40.5 Å². The number of carbonyl (C=O) groups is 1. The van der Waals surface area contributed by atoms with E-state index in [1.807, 2.05) is 23.1 Å². The molecule has 0 N–H and O–H groups in total. The van der Waals surface area contributed by atoms with Crippen LogP contribution in [0.2, 0.25) is 0 Å². The molecule has 1 saturated heterocycles. The molecule has 0 radical (unpaired) electrons. The Morgan fingerprint density at radius 1 is 1.17 bits per heavy atom. The van der Waals surface area contributed by atoms with Gasteiger partial charge in [0.1, 0.15) is 0 Å². The quantitative estimate of drug-likeness (QED) is 0.868. The first-order chi connectivity index (χ1) is 11.6. The SMILES string of the molecule is COc1ccc(C(=O)N2C[C@H](C)CC[C@H]2C)c(-c2ccncc2)n1. The Bertz CT molecular complexity index is 718. The molecule has 126 valence electrons. The highest BCUT2D eigenvalue weighted by molar-refractivity contribution is 6.00. The van der Waals surface area contributed by atoms with Crippen molar-refractivity contribution < 1.29 is 9.53 Å². The normalized spacial score (nSPS) is 20.7. The molecule has 0 aromatic carbocycles. The molecule has 3 rings (SSSR count). The molecular formula is C19H23N3O2. The van der Waals surface area contributed by atoms with Crippen LogP contribution in [0.5, 0.6) is 5.88 Å². The lowest BCUT2D eigenvalue weighted by Gasteiger charge is -2.37. The zero-order chi connectivity index (χ0) is 17.1. The summed E-state index contributed by atoms with van der Waals surface area (Å²) in [4.78, 5) is 23.7. The molecule has 5 heteroatoms. The summed E-state index contributed by atoms with van der Waals surface area (Å²) in [5.74, 6) is 1.06. The van der Waals surface area contributed by atoms with E-state index in [9.17, 15) is 4.79 Å². The van der Waals surface area contributed by atoms with E-state index in [4.69, 9.17) is 4.74 Å². The Balaban J connectivity index is 2.02. The number of likely N-dealkylation sites (tertiary alicyclic amines) is 1. The number of amides is 1. The Morgan fingerprint density at radius 3 is 2.62 bits per heavy atom. The lowest BCUT2D eigenvalue weighted by atomic mass is 9.94. The number of piperidine rings is 1. The molecule has 0 saturated carbocycles. The molecule has 24 heavy (non-hydrogen) atoms. The third-order valence-electron chi connectivity index (χ3n) is 4.64. The first-order valence-electron chi connectivity index (χ1n) is 8.36. The summed E-state index contributed by atoms with van der Waals surface area (Å²) >= 11 is 0. The molecule has 1 amide bonds. The van der Waals surface area contributed by atoms with E-state index >= 15 is 0 Å². The molecule has 1 aliphatic rings. The van der Waals surface area contributed by atoms with Crippen LogP contribution < -0.4 is 4.74 Å². The average Bonchev–Trinajstić information content (AvgIpc) is 2.63. The standard InChI is InChI=1S/C19H23N3O2/c1-13-4-5-14(2)22(12-13)19(23)16-6-7-17(24-3)21-18(16)15-8-10-20-11-9-15/h6-11,13-14H,4-5,12H2,1-3H3/t13-,14-/m1/s1. The van der Waals surface area contributed by atoms with Gasteiger partial charge in [-0.05, 0) is 43.9 Å². The number of carbonyl (C=O) groups excluding carboxylic acids is 1. The lowest BCUT2D eigenvalue weighted by molar-refractivity contribution is 0.0574. The van der Waals surface area contributed by atoms with Crippen LogP contribution in [0.1, 0.15) is 37.0 Å². The van der Waals surface area contributed by atoms with Gasteiger partial charge in [0.15, 0.2) is 0 Å². The van der Waals surface area contributed by atoms with Gasteiger partial charge in [-0.2, -0.15) is 0 Å². The Kier molecular flexibility index (Phi) is 4.79. The molecule has 0 spiro atoms. The van der Waals surface area contributed by atoms with Gasteiger partial charge in [0.25, 0.3) is 5.91 Å². The smallest absolute Gasteiger partial charge is 0.256 e. The fraction of sp³-hybridized carbons (Fsp3) is 0.421. The summed E-state index contributed by atoms with van der Waals surface area (Å²) in [6, 6.07) is 7.54. The highest BCUT2D eigenvalue weighted by Gasteiger charge is 2.29. The van der Waals surface area contributed by atoms with Gasteiger partial charge >= 0.3 is 0 Å². The predicted molar refractivity (Wildman–Crippen MR) is 92.9 cm³/mol. The fourth-order valence-corrected chi connectivity index (χ4v) is 3.18. The maximum Gasteiger partial charge on any atom is 0.256 e. The third kappa shape index (κ3) is 3.25. The van der Waals surface area contributed by atoms with Crippen molar-refractivity contribution in [2.45, 2.75) is 32.7 Å². The molecule has 0 bridgehead atoms. The fourth-order valence-electron chi connectivity index (χ4n) is 3.18. The highest BCUT2D eigenvalue weighted by atomic mass is 16.5. The minimum atomic E-state index is 0.0380. The van der Waals surface area contributed by atoms with Crippen molar-refractivity contribution in [1.82, 2.24) is 14.9 Å². The van der Waals surface area contributed by atoms with Crippen LogP contribution in [0.4, 0.5) is 0 Å². The highest BCUT2D eigenvalue weighted by Crippen LogP contribution is 2.28. The maximum absolute atomic E-state index is 13.2. The first-order valence-corrected chi connectivity index (χ1v) is 8.36. The number of hydrogen-bond donors (Lipinski definition) is 0. The second-order valence-electron chi connectivity index (χ2n) is 6.47. The lowest BCUT2D eigenvalue weighted by Crippen LogP contribution is -2.45. The predicted octanol–water partition coefficient (Wildman–Crippen LogP) is 3.41. The number of hydrogen-bond acceptors (Lipinski definition) is 4. The van der Waals surface area contributed by atoms with E-state index < -0.39 is 0 Å². The van der Waals surface area contributed by atoms with Gasteiger partial charge in [-0.25, -0.2) is 4.98 Å². The summed E-state index contributed by atoms with van der Waals surface area (Å²) in [5, 5.41) is 0. The van der Waals surface area contributed by atoms with E-state index in [-0.39, 0.29) is 11.9 Å². The number of methoxy groups -OCH3 is 1. The number of ether oxygens (including phenoxy) is 1. The van der Waals surface area contributed by atoms with Crippen molar-refractivity contribution in [3.05, 3.63) is 42.2 Å². The molecule has 2 aromatic heterocycles. The van der Waals surface area contributed by atoms with Crippen LogP contribution in [0, 0.1) is 5.92 Å². The Morgan fingerprint density at radius 2 is 1.92 bits per heavy atom. The van der Waals surface area contributed by atoms with E-state index in [1.165, 1.54) is 6.42 Å². The van der Waals surface area contributed by atoms with E-state index in [0.29, 0.717) is 23.1 Å². The number of pyridine rings is 2. The second kappa shape index (κ2) is 6.99. The summed E-state index contributed by atoms with van der Waals surface area (Å²) in [7, 11) is 1.58.